The number of likely N-dealkylation sites (tertiary alicyclic amines) is 1. The number of benzene rings is 2. The van der Waals surface area contributed by atoms with Crippen molar-refractivity contribution in [3.63, 3.8) is 0 Å². The third-order valence-corrected chi connectivity index (χ3v) is 5.52. The van der Waals surface area contributed by atoms with Crippen LogP contribution in [0.3, 0.4) is 0 Å². The number of anilines is 2. The summed E-state index contributed by atoms with van der Waals surface area (Å²) in [4.78, 5) is 41.1. The van der Waals surface area contributed by atoms with E-state index in [0.717, 1.165) is 11.3 Å². The smallest absolute Gasteiger partial charge is 0.258 e. The number of amides is 3. The average molecular weight is 408 g/mol. The van der Waals surface area contributed by atoms with Gasteiger partial charge in [0.1, 0.15) is 0 Å². The highest BCUT2D eigenvalue weighted by Gasteiger charge is 2.35. The lowest BCUT2D eigenvalue weighted by Crippen LogP contribution is -2.33. The molecule has 0 spiro atoms. The van der Waals surface area contributed by atoms with Gasteiger partial charge < -0.3 is 15.1 Å². The zero-order valence-corrected chi connectivity index (χ0v) is 18.0. The van der Waals surface area contributed by atoms with Crippen molar-refractivity contribution in [2.24, 2.45) is 5.92 Å². The number of carbonyl (C=O) groups is 3. The number of hydrogen-bond donors (Lipinski definition) is 1. The maximum atomic E-state index is 13.0. The monoisotopic (exact) mass is 407 g/mol. The number of nitrogens with zero attached hydrogens (tertiary/aromatic N) is 2. The quantitative estimate of drug-likeness (QED) is 0.791. The molecule has 6 nitrogen and oxygen atoms in total. The zero-order chi connectivity index (χ0) is 21.8. The predicted molar refractivity (Wildman–Crippen MR) is 119 cm³/mol. The molecular weight excluding hydrogens is 378 g/mol. The molecule has 1 atom stereocenters. The molecule has 0 aliphatic carbocycles. The Kier molecular flexibility index (Phi) is 6.55. The molecule has 1 saturated heterocycles. The molecule has 1 fully saturated rings. The topological polar surface area (TPSA) is 69.7 Å². The van der Waals surface area contributed by atoms with Crippen LogP contribution in [0.1, 0.15) is 43.1 Å². The highest BCUT2D eigenvalue weighted by atomic mass is 16.2. The molecule has 0 radical (unpaired) electrons. The van der Waals surface area contributed by atoms with E-state index in [4.69, 9.17) is 0 Å². The summed E-state index contributed by atoms with van der Waals surface area (Å²) >= 11 is 0. The van der Waals surface area contributed by atoms with Crippen LogP contribution < -0.4 is 10.2 Å². The second-order valence-corrected chi connectivity index (χ2v) is 7.94. The molecule has 1 heterocycles. The first-order valence-electron chi connectivity index (χ1n) is 10.4. The van der Waals surface area contributed by atoms with Gasteiger partial charge in [-0.25, -0.2) is 0 Å². The second-order valence-electron chi connectivity index (χ2n) is 7.94. The Balaban J connectivity index is 1.67. The van der Waals surface area contributed by atoms with Crippen LogP contribution in [-0.4, -0.2) is 41.8 Å². The molecule has 0 saturated carbocycles. The SMILES string of the molecule is CCN(C(=O)c1ccc(NC(=O)C2CC(=O)N(C(C)C)C2)cc1)c1ccccc1C. The van der Waals surface area contributed by atoms with Crippen LogP contribution in [-0.2, 0) is 9.59 Å². The lowest BCUT2D eigenvalue weighted by molar-refractivity contribution is -0.129. The van der Waals surface area contributed by atoms with Crippen molar-refractivity contribution in [3.8, 4) is 0 Å². The van der Waals surface area contributed by atoms with Gasteiger partial charge in [0, 0.05) is 42.5 Å². The Morgan fingerprint density at radius 2 is 1.80 bits per heavy atom. The number of para-hydroxylation sites is 1. The van der Waals surface area contributed by atoms with E-state index in [9.17, 15) is 14.4 Å². The van der Waals surface area contributed by atoms with E-state index in [0.29, 0.717) is 24.3 Å². The summed E-state index contributed by atoms with van der Waals surface area (Å²) in [6, 6.07) is 14.8. The van der Waals surface area contributed by atoms with Crippen LogP contribution in [0.4, 0.5) is 11.4 Å². The molecule has 1 N–H and O–H groups in total. The second kappa shape index (κ2) is 9.11. The molecule has 0 aromatic heterocycles. The Hall–Kier alpha value is -3.15. The molecule has 1 aliphatic rings. The van der Waals surface area contributed by atoms with E-state index in [1.54, 1.807) is 34.1 Å². The van der Waals surface area contributed by atoms with Gasteiger partial charge in [0.05, 0.1) is 5.92 Å². The van der Waals surface area contributed by atoms with Crippen molar-refractivity contribution in [3.05, 3.63) is 59.7 Å². The van der Waals surface area contributed by atoms with Crippen molar-refractivity contribution in [2.75, 3.05) is 23.3 Å². The summed E-state index contributed by atoms with van der Waals surface area (Å²) < 4.78 is 0. The van der Waals surface area contributed by atoms with Gasteiger partial charge in [0.25, 0.3) is 5.91 Å². The van der Waals surface area contributed by atoms with Crippen LogP contribution in [0.5, 0.6) is 0 Å². The summed E-state index contributed by atoms with van der Waals surface area (Å²) in [6.07, 6.45) is 0.239. The van der Waals surface area contributed by atoms with Crippen LogP contribution in [0.25, 0.3) is 0 Å². The van der Waals surface area contributed by atoms with Gasteiger partial charge in [0.15, 0.2) is 0 Å². The van der Waals surface area contributed by atoms with Crippen molar-refractivity contribution < 1.29 is 14.4 Å². The largest absolute Gasteiger partial charge is 0.339 e. The fourth-order valence-electron chi connectivity index (χ4n) is 3.79. The highest BCUT2D eigenvalue weighted by Crippen LogP contribution is 2.24. The zero-order valence-electron chi connectivity index (χ0n) is 18.0. The molecule has 0 bridgehead atoms. The maximum Gasteiger partial charge on any atom is 0.258 e. The van der Waals surface area contributed by atoms with Gasteiger partial charge in [-0.05, 0) is 63.6 Å². The van der Waals surface area contributed by atoms with Gasteiger partial charge in [0.2, 0.25) is 11.8 Å². The van der Waals surface area contributed by atoms with Crippen LogP contribution in [0.15, 0.2) is 48.5 Å². The lowest BCUT2D eigenvalue weighted by Gasteiger charge is -2.23. The summed E-state index contributed by atoms with van der Waals surface area (Å²) in [7, 11) is 0. The van der Waals surface area contributed by atoms with Crippen molar-refractivity contribution >= 4 is 29.1 Å². The third-order valence-electron chi connectivity index (χ3n) is 5.52. The van der Waals surface area contributed by atoms with E-state index in [2.05, 4.69) is 5.32 Å². The highest BCUT2D eigenvalue weighted by molar-refractivity contribution is 6.07. The van der Waals surface area contributed by atoms with Gasteiger partial charge in [-0.15, -0.1) is 0 Å². The van der Waals surface area contributed by atoms with Gasteiger partial charge in [-0.3, -0.25) is 14.4 Å². The molecule has 2 aromatic carbocycles. The van der Waals surface area contributed by atoms with E-state index in [-0.39, 0.29) is 36.1 Å². The van der Waals surface area contributed by atoms with Gasteiger partial charge in [-0.1, -0.05) is 18.2 Å². The number of rotatable bonds is 6. The molecule has 1 aliphatic heterocycles. The maximum absolute atomic E-state index is 13.0. The third kappa shape index (κ3) is 4.53. The van der Waals surface area contributed by atoms with Crippen molar-refractivity contribution in [1.82, 2.24) is 4.90 Å². The molecule has 1 unspecified atom stereocenters. The minimum atomic E-state index is -0.349. The average Bonchev–Trinajstić information content (AvgIpc) is 3.12. The van der Waals surface area contributed by atoms with Gasteiger partial charge >= 0.3 is 0 Å². The molecule has 30 heavy (non-hydrogen) atoms. The molecule has 3 amide bonds. The van der Waals surface area contributed by atoms with E-state index in [1.807, 2.05) is 52.0 Å². The van der Waals surface area contributed by atoms with E-state index >= 15 is 0 Å². The Labute approximate surface area is 177 Å². The molecule has 3 rings (SSSR count). The Bertz CT molecular complexity index is 937. The van der Waals surface area contributed by atoms with E-state index in [1.165, 1.54) is 0 Å². The first kappa shape index (κ1) is 21.6. The molecular formula is C24H29N3O3. The van der Waals surface area contributed by atoms with Crippen molar-refractivity contribution in [2.45, 2.75) is 40.2 Å². The Morgan fingerprint density at radius 3 is 2.37 bits per heavy atom. The molecule has 2 aromatic rings. The number of nitrogens with one attached hydrogen (secondary N) is 1. The fourth-order valence-corrected chi connectivity index (χ4v) is 3.79. The fraction of sp³-hybridized carbons (Fsp3) is 0.375. The summed E-state index contributed by atoms with van der Waals surface area (Å²) in [5, 5.41) is 2.87. The standard InChI is InChI=1S/C24H29N3O3/c1-5-26(21-9-7-6-8-17(21)4)24(30)18-10-12-20(13-11-18)25-23(29)19-14-22(28)27(15-19)16(2)3/h6-13,16,19H,5,14-15H2,1-4H3,(H,25,29). The minimum Gasteiger partial charge on any atom is -0.339 e. The van der Waals surface area contributed by atoms with Crippen LogP contribution >= 0.6 is 0 Å². The lowest BCUT2D eigenvalue weighted by atomic mass is 10.1. The molecule has 6 heteroatoms. The van der Waals surface area contributed by atoms with E-state index < -0.39 is 0 Å². The number of aryl methyl sites for hydroxylation is 1. The Morgan fingerprint density at radius 1 is 1.13 bits per heavy atom. The summed E-state index contributed by atoms with van der Waals surface area (Å²) in [6.45, 7) is 8.83. The normalized spacial score (nSPS) is 16.1. The summed E-state index contributed by atoms with van der Waals surface area (Å²) in [5.41, 5.74) is 3.10. The predicted octanol–water partition coefficient (Wildman–Crippen LogP) is 3.86. The van der Waals surface area contributed by atoms with Crippen LogP contribution in [0, 0.1) is 12.8 Å². The van der Waals surface area contributed by atoms with Crippen molar-refractivity contribution in [1.29, 1.82) is 0 Å². The van der Waals surface area contributed by atoms with Crippen LogP contribution in [0.2, 0.25) is 0 Å². The van der Waals surface area contributed by atoms with Gasteiger partial charge in [-0.2, -0.15) is 0 Å². The summed E-state index contributed by atoms with van der Waals surface area (Å²) in [5.74, 6) is -0.584. The first-order valence-corrected chi connectivity index (χ1v) is 10.4. The molecule has 158 valence electrons. The number of hydrogen-bond acceptors (Lipinski definition) is 3. The number of carbonyl (C=O) groups excluding carboxylic acids is 3. The minimum absolute atomic E-state index is 0.0157. The first-order chi connectivity index (χ1) is 14.3.